The number of hydrogen-bond donors (Lipinski definition) is 3. The standard InChI is InChI=1S/C22H36N6O3/c1-22(2,3)31-21(30)25-12-8-11-24-20(23-4)26-17-19(29)28-15-13-27(14-16-28)18-9-6-5-7-10-18/h5-7,9-10H,8,11-17H2,1-4H3,(H,25,30)(H2,23,24,26). The van der Waals surface area contributed by atoms with Crippen LogP contribution < -0.4 is 20.9 Å². The molecule has 1 aromatic rings. The van der Waals surface area contributed by atoms with Crippen molar-refractivity contribution in [1.29, 1.82) is 0 Å². The number of benzene rings is 1. The van der Waals surface area contributed by atoms with Gasteiger partial charge in [0, 0.05) is 52.0 Å². The molecule has 0 spiro atoms. The van der Waals surface area contributed by atoms with Crippen LogP contribution in [0.25, 0.3) is 0 Å². The Hall–Kier alpha value is -2.97. The second kappa shape index (κ2) is 12.0. The Morgan fingerprint density at radius 1 is 1.00 bits per heavy atom. The fourth-order valence-corrected chi connectivity index (χ4v) is 3.14. The van der Waals surface area contributed by atoms with Crippen molar-refractivity contribution in [2.24, 2.45) is 4.99 Å². The second-order valence-corrected chi connectivity index (χ2v) is 8.34. The molecule has 2 amide bonds. The molecule has 2 rings (SSSR count). The van der Waals surface area contributed by atoms with Crippen LogP contribution in [0.5, 0.6) is 0 Å². The molecule has 3 N–H and O–H groups in total. The first-order valence-electron chi connectivity index (χ1n) is 10.8. The summed E-state index contributed by atoms with van der Waals surface area (Å²) < 4.78 is 5.19. The van der Waals surface area contributed by atoms with Gasteiger partial charge in [0.1, 0.15) is 5.60 Å². The zero-order valence-corrected chi connectivity index (χ0v) is 19.1. The van der Waals surface area contributed by atoms with E-state index >= 15 is 0 Å². The third-order valence-electron chi connectivity index (χ3n) is 4.70. The summed E-state index contributed by atoms with van der Waals surface area (Å²) in [6, 6.07) is 10.3. The second-order valence-electron chi connectivity index (χ2n) is 8.34. The first-order chi connectivity index (χ1) is 14.8. The van der Waals surface area contributed by atoms with Gasteiger partial charge in [0.25, 0.3) is 0 Å². The maximum absolute atomic E-state index is 12.5. The number of guanidine groups is 1. The Labute approximate surface area is 185 Å². The van der Waals surface area contributed by atoms with Gasteiger partial charge in [0.05, 0.1) is 6.54 Å². The van der Waals surface area contributed by atoms with Gasteiger partial charge in [0.2, 0.25) is 5.91 Å². The van der Waals surface area contributed by atoms with Gasteiger partial charge in [-0.2, -0.15) is 0 Å². The molecular weight excluding hydrogens is 396 g/mol. The van der Waals surface area contributed by atoms with Crippen LogP contribution in [-0.4, -0.2) is 81.3 Å². The molecule has 1 aliphatic rings. The van der Waals surface area contributed by atoms with Crippen LogP contribution in [0.4, 0.5) is 10.5 Å². The molecule has 1 fully saturated rings. The summed E-state index contributed by atoms with van der Waals surface area (Å²) in [6.45, 7) is 9.84. The molecule has 1 heterocycles. The van der Waals surface area contributed by atoms with Crippen LogP contribution in [-0.2, 0) is 9.53 Å². The van der Waals surface area contributed by atoms with E-state index in [9.17, 15) is 9.59 Å². The van der Waals surface area contributed by atoms with Crippen LogP contribution in [0.2, 0.25) is 0 Å². The highest BCUT2D eigenvalue weighted by Crippen LogP contribution is 2.15. The molecule has 31 heavy (non-hydrogen) atoms. The molecule has 0 radical (unpaired) electrons. The number of carbonyl (C=O) groups excluding carboxylic acids is 2. The number of rotatable bonds is 7. The summed E-state index contributed by atoms with van der Waals surface area (Å²) in [5, 5.41) is 8.92. The minimum atomic E-state index is -0.505. The Morgan fingerprint density at radius 2 is 1.65 bits per heavy atom. The van der Waals surface area contributed by atoms with E-state index in [4.69, 9.17) is 4.74 Å². The Bertz CT molecular complexity index is 725. The molecule has 9 heteroatoms. The summed E-state index contributed by atoms with van der Waals surface area (Å²) in [7, 11) is 1.66. The number of hydrogen-bond acceptors (Lipinski definition) is 5. The van der Waals surface area contributed by atoms with Gasteiger partial charge in [-0.15, -0.1) is 0 Å². The number of aliphatic imine (C=N–C) groups is 1. The normalized spacial score (nSPS) is 14.8. The highest BCUT2D eigenvalue weighted by molar-refractivity contribution is 5.86. The van der Waals surface area contributed by atoms with E-state index in [1.54, 1.807) is 7.05 Å². The Morgan fingerprint density at radius 3 is 2.26 bits per heavy atom. The molecule has 172 valence electrons. The molecule has 1 saturated heterocycles. The predicted molar refractivity (Wildman–Crippen MR) is 123 cm³/mol. The van der Waals surface area contributed by atoms with Crippen molar-refractivity contribution in [3.05, 3.63) is 30.3 Å². The van der Waals surface area contributed by atoms with Gasteiger partial charge >= 0.3 is 6.09 Å². The minimum absolute atomic E-state index is 0.0576. The van der Waals surface area contributed by atoms with Crippen molar-refractivity contribution in [2.45, 2.75) is 32.8 Å². The molecule has 1 aliphatic heterocycles. The summed E-state index contributed by atoms with van der Waals surface area (Å²) in [5.74, 6) is 0.621. The van der Waals surface area contributed by atoms with E-state index in [2.05, 4.69) is 38.0 Å². The number of para-hydroxylation sites is 1. The van der Waals surface area contributed by atoms with E-state index < -0.39 is 11.7 Å². The van der Waals surface area contributed by atoms with Crippen LogP contribution >= 0.6 is 0 Å². The van der Waals surface area contributed by atoms with Crippen molar-refractivity contribution in [2.75, 3.05) is 57.8 Å². The van der Waals surface area contributed by atoms with E-state index in [0.717, 1.165) is 13.1 Å². The number of anilines is 1. The number of amides is 2. The Balaban J connectivity index is 1.60. The highest BCUT2D eigenvalue weighted by Gasteiger charge is 2.21. The molecule has 0 aromatic heterocycles. The van der Waals surface area contributed by atoms with Crippen molar-refractivity contribution >= 4 is 23.6 Å². The maximum Gasteiger partial charge on any atom is 0.407 e. The van der Waals surface area contributed by atoms with Crippen molar-refractivity contribution in [1.82, 2.24) is 20.9 Å². The fraction of sp³-hybridized carbons (Fsp3) is 0.591. The SMILES string of the molecule is CN=C(NCCCNC(=O)OC(C)(C)C)NCC(=O)N1CCN(c2ccccc2)CC1. The molecule has 0 unspecified atom stereocenters. The number of carbonyl (C=O) groups is 2. The number of nitrogens with zero attached hydrogens (tertiary/aromatic N) is 3. The lowest BCUT2D eigenvalue weighted by Crippen LogP contribution is -2.52. The topological polar surface area (TPSA) is 98.3 Å². The summed E-state index contributed by atoms with van der Waals surface area (Å²) in [4.78, 5) is 32.4. The molecule has 9 nitrogen and oxygen atoms in total. The van der Waals surface area contributed by atoms with E-state index in [1.807, 2.05) is 43.9 Å². The van der Waals surface area contributed by atoms with Gasteiger partial charge < -0.3 is 30.5 Å². The number of ether oxygens (including phenoxy) is 1. The first kappa shape index (κ1) is 24.3. The third-order valence-corrected chi connectivity index (χ3v) is 4.70. The minimum Gasteiger partial charge on any atom is -0.444 e. The average Bonchev–Trinajstić information content (AvgIpc) is 2.75. The van der Waals surface area contributed by atoms with Crippen molar-refractivity contribution in [3.8, 4) is 0 Å². The van der Waals surface area contributed by atoms with Crippen LogP contribution in [0.1, 0.15) is 27.2 Å². The molecule has 0 saturated carbocycles. The van der Waals surface area contributed by atoms with Gasteiger partial charge in [-0.25, -0.2) is 4.79 Å². The zero-order valence-electron chi connectivity index (χ0n) is 19.1. The van der Waals surface area contributed by atoms with Crippen molar-refractivity contribution < 1.29 is 14.3 Å². The molecule has 0 atom stereocenters. The number of piperazine rings is 1. The quantitative estimate of drug-likeness (QED) is 0.342. The van der Waals surface area contributed by atoms with Gasteiger partial charge in [-0.3, -0.25) is 9.79 Å². The molecule has 0 aliphatic carbocycles. The summed E-state index contributed by atoms with van der Waals surface area (Å²) in [5.41, 5.74) is 0.688. The predicted octanol–water partition coefficient (Wildman–Crippen LogP) is 1.42. The lowest BCUT2D eigenvalue weighted by atomic mass is 10.2. The van der Waals surface area contributed by atoms with Gasteiger partial charge in [0.15, 0.2) is 5.96 Å². The molecular formula is C22H36N6O3. The van der Waals surface area contributed by atoms with E-state index in [0.29, 0.717) is 38.6 Å². The molecule has 0 bridgehead atoms. The monoisotopic (exact) mass is 432 g/mol. The maximum atomic E-state index is 12.5. The molecule has 1 aromatic carbocycles. The van der Waals surface area contributed by atoms with Crippen molar-refractivity contribution in [3.63, 3.8) is 0 Å². The number of nitrogens with one attached hydrogen (secondary N) is 3. The zero-order chi connectivity index (χ0) is 22.7. The number of alkyl carbamates (subject to hydrolysis) is 1. The smallest absolute Gasteiger partial charge is 0.407 e. The van der Waals surface area contributed by atoms with Crippen LogP contribution in [0.3, 0.4) is 0 Å². The Kier molecular flexibility index (Phi) is 9.42. The van der Waals surface area contributed by atoms with E-state index in [-0.39, 0.29) is 12.5 Å². The lowest BCUT2D eigenvalue weighted by Gasteiger charge is -2.36. The van der Waals surface area contributed by atoms with Crippen LogP contribution in [0.15, 0.2) is 35.3 Å². The lowest BCUT2D eigenvalue weighted by molar-refractivity contribution is -0.130. The van der Waals surface area contributed by atoms with Gasteiger partial charge in [-0.05, 0) is 39.3 Å². The third kappa shape index (κ3) is 9.15. The summed E-state index contributed by atoms with van der Waals surface area (Å²) in [6.07, 6.45) is 0.281. The largest absolute Gasteiger partial charge is 0.444 e. The first-order valence-corrected chi connectivity index (χ1v) is 10.8. The highest BCUT2D eigenvalue weighted by atomic mass is 16.6. The van der Waals surface area contributed by atoms with Gasteiger partial charge in [-0.1, -0.05) is 18.2 Å². The van der Waals surface area contributed by atoms with E-state index in [1.165, 1.54) is 5.69 Å². The van der Waals surface area contributed by atoms with Crippen LogP contribution in [0, 0.1) is 0 Å². The summed E-state index contributed by atoms with van der Waals surface area (Å²) >= 11 is 0. The average molecular weight is 433 g/mol. The fourth-order valence-electron chi connectivity index (χ4n) is 3.14.